The summed E-state index contributed by atoms with van der Waals surface area (Å²) in [5.41, 5.74) is 1.43. The van der Waals surface area contributed by atoms with E-state index >= 15 is 0 Å². The highest BCUT2D eigenvalue weighted by Crippen LogP contribution is 2.19. The van der Waals surface area contributed by atoms with Crippen LogP contribution in [0.25, 0.3) is 0 Å². The first kappa shape index (κ1) is 21.0. The maximum absolute atomic E-state index is 12.4. The number of hydrogen-bond donors (Lipinski definition) is 2. The van der Waals surface area contributed by atoms with Gasteiger partial charge in [-0.3, -0.25) is 14.9 Å². The number of nitrogens with one attached hydrogen (secondary N) is 2. The largest absolute Gasteiger partial charge is 0.497 e. The van der Waals surface area contributed by atoms with Gasteiger partial charge in [-0.15, -0.1) is 0 Å². The van der Waals surface area contributed by atoms with E-state index in [1.165, 1.54) is 0 Å². The second-order valence-electron chi connectivity index (χ2n) is 5.98. The van der Waals surface area contributed by atoms with Gasteiger partial charge < -0.3 is 14.8 Å². The lowest BCUT2D eigenvalue weighted by Crippen LogP contribution is -2.42. The molecule has 0 aromatic heterocycles. The van der Waals surface area contributed by atoms with E-state index < -0.39 is 24.0 Å². The predicted octanol–water partition coefficient (Wildman–Crippen LogP) is 2.76. The minimum atomic E-state index is -1.20. The van der Waals surface area contributed by atoms with Crippen LogP contribution in [0.5, 0.6) is 5.75 Å². The fraction of sp³-hybridized carbons (Fsp3) is 0.286. The second kappa shape index (κ2) is 10.7. The molecule has 2 rings (SSSR count). The average Bonchev–Trinajstić information content (AvgIpc) is 2.71. The molecule has 2 N–H and O–H groups in total. The number of esters is 1. The zero-order chi connectivity index (χ0) is 20.4. The van der Waals surface area contributed by atoms with Gasteiger partial charge in [0.05, 0.1) is 7.11 Å². The standard InChI is InChI=1S/C21H24N2O5/c1-3-22-21(26)23-20(25)19(16-7-5-4-6-8-16)28-18(24)14-11-15-9-12-17(27-2)13-10-15/h4-10,12-13,19H,3,11,14H2,1-2H3,(H2,22,23,25,26)/t19-/m1/s1. The van der Waals surface area contributed by atoms with Gasteiger partial charge in [0.15, 0.2) is 0 Å². The van der Waals surface area contributed by atoms with Crippen LogP contribution < -0.4 is 15.4 Å². The van der Waals surface area contributed by atoms with Gasteiger partial charge in [-0.05, 0) is 31.0 Å². The predicted molar refractivity (Wildman–Crippen MR) is 104 cm³/mol. The minimum absolute atomic E-state index is 0.101. The maximum atomic E-state index is 12.4. The van der Waals surface area contributed by atoms with E-state index in [0.29, 0.717) is 18.5 Å². The molecule has 0 fully saturated rings. The van der Waals surface area contributed by atoms with E-state index in [-0.39, 0.29) is 6.42 Å². The fourth-order valence-corrected chi connectivity index (χ4v) is 2.51. The molecule has 1 atom stereocenters. The van der Waals surface area contributed by atoms with Crippen LogP contribution in [-0.2, 0) is 20.7 Å². The molecule has 0 aliphatic carbocycles. The van der Waals surface area contributed by atoms with Crippen molar-refractivity contribution in [3.05, 3.63) is 65.7 Å². The Hall–Kier alpha value is -3.35. The molecule has 0 aliphatic heterocycles. The summed E-state index contributed by atoms with van der Waals surface area (Å²) in [6.07, 6.45) is -0.640. The number of methoxy groups -OCH3 is 1. The van der Waals surface area contributed by atoms with Gasteiger partial charge in [-0.2, -0.15) is 0 Å². The summed E-state index contributed by atoms with van der Waals surface area (Å²) in [5, 5.41) is 4.66. The van der Waals surface area contributed by atoms with Crippen LogP contribution in [0.15, 0.2) is 54.6 Å². The van der Waals surface area contributed by atoms with Crippen LogP contribution in [0.4, 0.5) is 4.79 Å². The molecule has 0 saturated heterocycles. The zero-order valence-electron chi connectivity index (χ0n) is 15.9. The Labute approximate surface area is 164 Å². The molecule has 28 heavy (non-hydrogen) atoms. The summed E-state index contributed by atoms with van der Waals surface area (Å²) in [5.74, 6) is -0.497. The first-order valence-corrected chi connectivity index (χ1v) is 8.99. The molecule has 7 heteroatoms. The van der Waals surface area contributed by atoms with Crippen molar-refractivity contribution >= 4 is 17.9 Å². The summed E-state index contributed by atoms with van der Waals surface area (Å²) in [4.78, 5) is 36.4. The molecule has 0 spiro atoms. The molecular formula is C21H24N2O5. The third kappa shape index (κ3) is 6.42. The topological polar surface area (TPSA) is 93.7 Å². The van der Waals surface area contributed by atoms with Gasteiger partial charge in [0.1, 0.15) is 5.75 Å². The number of urea groups is 1. The Balaban J connectivity index is 2.01. The lowest BCUT2D eigenvalue weighted by Gasteiger charge is -2.17. The summed E-state index contributed by atoms with van der Waals surface area (Å²) in [6, 6.07) is 15.3. The number of rotatable bonds is 8. The number of amides is 3. The van der Waals surface area contributed by atoms with E-state index in [1.54, 1.807) is 44.4 Å². The zero-order valence-corrected chi connectivity index (χ0v) is 15.9. The van der Waals surface area contributed by atoms with Gasteiger partial charge >= 0.3 is 12.0 Å². The normalized spacial score (nSPS) is 11.2. The molecule has 3 amide bonds. The Kier molecular flexibility index (Phi) is 8.02. The molecule has 0 aliphatic rings. The lowest BCUT2D eigenvalue weighted by atomic mass is 10.1. The van der Waals surface area contributed by atoms with Crippen LogP contribution in [0, 0.1) is 0 Å². The van der Waals surface area contributed by atoms with Crippen molar-refractivity contribution in [3.8, 4) is 5.75 Å². The smallest absolute Gasteiger partial charge is 0.321 e. The molecule has 2 aromatic rings. The van der Waals surface area contributed by atoms with Crippen molar-refractivity contribution in [1.29, 1.82) is 0 Å². The van der Waals surface area contributed by atoms with Crippen molar-refractivity contribution in [3.63, 3.8) is 0 Å². The van der Waals surface area contributed by atoms with Gasteiger partial charge in [-0.1, -0.05) is 42.5 Å². The molecular weight excluding hydrogens is 360 g/mol. The van der Waals surface area contributed by atoms with Gasteiger partial charge in [0, 0.05) is 18.5 Å². The lowest BCUT2D eigenvalue weighted by molar-refractivity contribution is -0.156. The first-order chi connectivity index (χ1) is 13.5. The van der Waals surface area contributed by atoms with Crippen molar-refractivity contribution < 1.29 is 23.9 Å². The van der Waals surface area contributed by atoms with Gasteiger partial charge in [0.25, 0.3) is 5.91 Å². The molecule has 0 saturated carbocycles. The van der Waals surface area contributed by atoms with E-state index in [9.17, 15) is 14.4 Å². The number of ether oxygens (including phenoxy) is 2. The van der Waals surface area contributed by atoms with Crippen LogP contribution >= 0.6 is 0 Å². The van der Waals surface area contributed by atoms with E-state index in [1.807, 2.05) is 24.3 Å². The monoisotopic (exact) mass is 384 g/mol. The summed E-state index contributed by atoms with van der Waals surface area (Å²) in [6.45, 7) is 2.11. The van der Waals surface area contributed by atoms with E-state index in [2.05, 4.69) is 10.6 Å². The second-order valence-corrected chi connectivity index (χ2v) is 5.98. The number of imide groups is 1. The quantitative estimate of drug-likeness (QED) is 0.683. The highest BCUT2D eigenvalue weighted by Gasteiger charge is 2.26. The Morgan fingerprint density at radius 1 is 1.00 bits per heavy atom. The van der Waals surface area contributed by atoms with Crippen LogP contribution in [-0.4, -0.2) is 31.6 Å². The number of aryl methyl sites for hydroxylation is 1. The van der Waals surface area contributed by atoms with Crippen molar-refractivity contribution in [2.75, 3.05) is 13.7 Å². The van der Waals surface area contributed by atoms with Crippen LogP contribution in [0.1, 0.15) is 30.6 Å². The Bertz CT molecular complexity index is 790. The molecule has 2 aromatic carbocycles. The summed E-state index contributed by atoms with van der Waals surface area (Å²) < 4.78 is 10.5. The van der Waals surface area contributed by atoms with Gasteiger partial charge in [-0.25, -0.2) is 4.79 Å². The highest BCUT2D eigenvalue weighted by atomic mass is 16.5. The fourth-order valence-electron chi connectivity index (χ4n) is 2.51. The molecule has 0 bridgehead atoms. The van der Waals surface area contributed by atoms with Crippen LogP contribution in [0.2, 0.25) is 0 Å². The number of benzene rings is 2. The van der Waals surface area contributed by atoms with E-state index in [4.69, 9.17) is 9.47 Å². The molecule has 0 unspecified atom stereocenters. The van der Waals surface area contributed by atoms with Crippen molar-refractivity contribution in [2.24, 2.45) is 0 Å². The third-order valence-corrected chi connectivity index (χ3v) is 3.94. The molecule has 148 valence electrons. The first-order valence-electron chi connectivity index (χ1n) is 8.99. The minimum Gasteiger partial charge on any atom is -0.497 e. The number of carbonyl (C=O) groups excluding carboxylic acids is 3. The highest BCUT2D eigenvalue weighted by molar-refractivity contribution is 5.97. The molecule has 0 radical (unpaired) electrons. The maximum Gasteiger partial charge on any atom is 0.321 e. The third-order valence-electron chi connectivity index (χ3n) is 3.94. The molecule has 0 heterocycles. The Morgan fingerprint density at radius 2 is 1.68 bits per heavy atom. The van der Waals surface area contributed by atoms with Crippen LogP contribution in [0.3, 0.4) is 0 Å². The van der Waals surface area contributed by atoms with E-state index in [0.717, 1.165) is 11.3 Å². The Morgan fingerprint density at radius 3 is 2.29 bits per heavy atom. The van der Waals surface area contributed by atoms with Crippen molar-refractivity contribution in [1.82, 2.24) is 10.6 Å². The summed E-state index contributed by atoms with van der Waals surface area (Å²) >= 11 is 0. The van der Waals surface area contributed by atoms with Gasteiger partial charge in [0.2, 0.25) is 6.10 Å². The number of hydrogen-bond acceptors (Lipinski definition) is 5. The molecule has 7 nitrogen and oxygen atoms in total. The number of carbonyl (C=O) groups is 3. The van der Waals surface area contributed by atoms with Crippen molar-refractivity contribution in [2.45, 2.75) is 25.9 Å². The average molecular weight is 384 g/mol. The summed E-state index contributed by atoms with van der Waals surface area (Å²) in [7, 11) is 1.59. The SMILES string of the molecule is CCNC(=O)NC(=O)[C@H](OC(=O)CCc1ccc(OC)cc1)c1ccccc1.